The van der Waals surface area contributed by atoms with Gasteiger partial charge in [0.05, 0.1) is 5.92 Å². The van der Waals surface area contributed by atoms with Gasteiger partial charge in [-0.15, -0.1) is 0 Å². The molecule has 0 saturated carbocycles. The van der Waals surface area contributed by atoms with Gasteiger partial charge in [-0.3, -0.25) is 9.59 Å². The minimum atomic E-state index is -1.06. The number of amides is 2. The van der Waals surface area contributed by atoms with E-state index in [2.05, 4.69) is 5.32 Å². The minimum Gasteiger partial charge on any atom is -0.480 e. The molecule has 1 aliphatic rings. The Bertz CT molecular complexity index is 586. The number of likely N-dealkylation sites (tertiary alicyclic amines) is 1. The van der Waals surface area contributed by atoms with E-state index in [1.165, 1.54) is 0 Å². The molecule has 6 heteroatoms. The quantitative estimate of drug-likeness (QED) is 0.827. The maximum absolute atomic E-state index is 12.3. The summed E-state index contributed by atoms with van der Waals surface area (Å²) in [6, 6.07) is 8.64. The molecule has 124 valence electrons. The highest BCUT2D eigenvalue weighted by atomic mass is 16.4. The topological polar surface area (TPSA) is 86.7 Å². The Morgan fingerprint density at radius 2 is 1.96 bits per heavy atom. The van der Waals surface area contributed by atoms with Gasteiger partial charge in [0.1, 0.15) is 6.04 Å². The van der Waals surface area contributed by atoms with Gasteiger partial charge in [0.15, 0.2) is 0 Å². The van der Waals surface area contributed by atoms with Crippen molar-refractivity contribution in [3.05, 3.63) is 35.9 Å². The summed E-state index contributed by atoms with van der Waals surface area (Å²) in [5.74, 6) is -2.21. The lowest BCUT2D eigenvalue weighted by Crippen LogP contribution is -2.47. The molecule has 0 bridgehead atoms. The van der Waals surface area contributed by atoms with Crippen LogP contribution < -0.4 is 5.32 Å². The Hall–Kier alpha value is -2.37. The zero-order valence-corrected chi connectivity index (χ0v) is 13.4. The van der Waals surface area contributed by atoms with Gasteiger partial charge in [-0.05, 0) is 11.5 Å². The molecule has 1 aromatic carbocycles. The Morgan fingerprint density at radius 1 is 1.30 bits per heavy atom. The van der Waals surface area contributed by atoms with Crippen molar-refractivity contribution in [1.29, 1.82) is 0 Å². The Morgan fingerprint density at radius 3 is 2.52 bits per heavy atom. The first kappa shape index (κ1) is 17.0. The summed E-state index contributed by atoms with van der Waals surface area (Å²) < 4.78 is 0. The number of carbonyl (C=O) groups excluding carboxylic acids is 2. The van der Waals surface area contributed by atoms with Gasteiger partial charge in [0.25, 0.3) is 0 Å². The van der Waals surface area contributed by atoms with Crippen LogP contribution in [-0.4, -0.2) is 40.4 Å². The maximum Gasteiger partial charge on any atom is 0.326 e. The first-order chi connectivity index (χ1) is 10.9. The smallest absolute Gasteiger partial charge is 0.326 e. The SMILES string of the molecule is CC(C)[C@@H](NC(=O)C1CC(=O)N(Cc2ccccc2)C1)C(=O)O. The van der Waals surface area contributed by atoms with E-state index in [0.29, 0.717) is 13.1 Å². The molecule has 2 N–H and O–H groups in total. The second-order valence-electron chi connectivity index (χ2n) is 6.23. The lowest BCUT2D eigenvalue weighted by molar-refractivity contribution is -0.143. The van der Waals surface area contributed by atoms with Crippen molar-refractivity contribution >= 4 is 17.8 Å². The van der Waals surface area contributed by atoms with Crippen LogP contribution in [0.15, 0.2) is 30.3 Å². The third kappa shape index (κ3) is 4.31. The molecule has 1 heterocycles. The second-order valence-corrected chi connectivity index (χ2v) is 6.23. The van der Waals surface area contributed by atoms with Crippen LogP contribution >= 0.6 is 0 Å². The van der Waals surface area contributed by atoms with E-state index in [9.17, 15) is 14.4 Å². The van der Waals surface area contributed by atoms with Crippen molar-refractivity contribution < 1.29 is 19.5 Å². The molecule has 0 spiro atoms. The Labute approximate surface area is 135 Å². The van der Waals surface area contributed by atoms with E-state index >= 15 is 0 Å². The monoisotopic (exact) mass is 318 g/mol. The second kappa shape index (κ2) is 7.26. The van der Waals surface area contributed by atoms with Crippen LogP contribution in [0.5, 0.6) is 0 Å². The molecule has 2 rings (SSSR count). The molecule has 2 amide bonds. The van der Waals surface area contributed by atoms with Gasteiger partial charge in [-0.2, -0.15) is 0 Å². The summed E-state index contributed by atoms with van der Waals surface area (Å²) in [6.45, 7) is 4.27. The van der Waals surface area contributed by atoms with E-state index < -0.39 is 17.9 Å². The van der Waals surface area contributed by atoms with E-state index in [1.54, 1.807) is 18.7 Å². The molecule has 0 radical (unpaired) electrons. The molecule has 1 saturated heterocycles. The normalized spacial score (nSPS) is 19.0. The van der Waals surface area contributed by atoms with Gasteiger partial charge in [0, 0.05) is 19.5 Å². The fourth-order valence-electron chi connectivity index (χ4n) is 2.69. The molecule has 1 fully saturated rings. The number of benzene rings is 1. The number of carboxylic acid groups (broad SMARTS) is 1. The fourth-order valence-corrected chi connectivity index (χ4v) is 2.69. The zero-order valence-electron chi connectivity index (χ0n) is 13.4. The largest absolute Gasteiger partial charge is 0.480 e. The number of nitrogens with zero attached hydrogens (tertiary/aromatic N) is 1. The summed E-state index contributed by atoms with van der Waals surface area (Å²) in [5, 5.41) is 11.7. The number of nitrogens with one attached hydrogen (secondary N) is 1. The van der Waals surface area contributed by atoms with Crippen molar-refractivity contribution in [3.63, 3.8) is 0 Å². The van der Waals surface area contributed by atoms with Crippen LogP contribution in [0.2, 0.25) is 0 Å². The van der Waals surface area contributed by atoms with Crippen molar-refractivity contribution in [2.45, 2.75) is 32.9 Å². The van der Waals surface area contributed by atoms with Crippen molar-refractivity contribution in [2.24, 2.45) is 11.8 Å². The highest BCUT2D eigenvalue weighted by Crippen LogP contribution is 2.21. The average Bonchev–Trinajstić information content (AvgIpc) is 2.86. The van der Waals surface area contributed by atoms with E-state index in [1.807, 2.05) is 30.3 Å². The van der Waals surface area contributed by atoms with Crippen LogP contribution in [-0.2, 0) is 20.9 Å². The maximum atomic E-state index is 12.3. The predicted octanol–water partition coefficient (Wildman–Crippen LogP) is 1.26. The summed E-state index contributed by atoms with van der Waals surface area (Å²) in [5.41, 5.74) is 1.01. The van der Waals surface area contributed by atoms with Gasteiger partial charge in [-0.1, -0.05) is 44.2 Å². The van der Waals surface area contributed by atoms with Crippen LogP contribution in [0.4, 0.5) is 0 Å². The minimum absolute atomic E-state index is 0.0783. The molecule has 0 aromatic heterocycles. The number of rotatable bonds is 6. The van der Waals surface area contributed by atoms with Crippen molar-refractivity contribution in [2.75, 3.05) is 6.54 Å². The average molecular weight is 318 g/mol. The van der Waals surface area contributed by atoms with Gasteiger partial charge in [-0.25, -0.2) is 4.79 Å². The molecule has 1 aliphatic heterocycles. The first-order valence-electron chi connectivity index (χ1n) is 7.73. The highest BCUT2D eigenvalue weighted by Gasteiger charge is 2.36. The lowest BCUT2D eigenvalue weighted by Gasteiger charge is -2.20. The lowest BCUT2D eigenvalue weighted by atomic mass is 10.0. The predicted molar refractivity (Wildman–Crippen MR) is 84.4 cm³/mol. The first-order valence-corrected chi connectivity index (χ1v) is 7.73. The number of carboxylic acids is 1. The van der Waals surface area contributed by atoms with Crippen LogP contribution in [0, 0.1) is 11.8 Å². The molecule has 1 unspecified atom stereocenters. The number of hydrogen-bond acceptors (Lipinski definition) is 3. The van der Waals surface area contributed by atoms with Gasteiger partial charge in [0.2, 0.25) is 11.8 Å². The molecule has 2 atom stereocenters. The molecule has 23 heavy (non-hydrogen) atoms. The third-order valence-corrected chi connectivity index (χ3v) is 4.03. The van der Waals surface area contributed by atoms with Crippen LogP contribution in [0.1, 0.15) is 25.8 Å². The summed E-state index contributed by atoms with van der Waals surface area (Å²) in [6.07, 6.45) is 0.128. The molecule has 1 aromatic rings. The highest BCUT2D eigenvalue weighted by molar-refractivity contribution is 5.91. The van der Waals surface area contributed by atoms with E-state index in [4.69, 9.17) is 5.11 Å². The van der Waals surface area contributed by atoms with Gasteiger partial charge >= 0.3 is 5.97 Å². The molecular weight excluding hydrogens is 296 g/mol. The Kier molecular flexibility index (Phi) is 5.36. The molecular formula is C17H22N2O4. The Balaban J connectivity index is 1.96. The summed E-state index contributed by atoms with van der Waals surface area (Å²) in [4.78, 5) is 37.1. The van der Waals surface area contributed by atoms with E-state index in [0.717, 1.165) is 5.56 Å². The fraction of sp³-hybridized carbons (Fsp3) is 0.471. The van der Waals surface area contributed by atoms with Gasteiger partial charge < -0.3 is 15.3 Å². The number of aliphatic carboxylic acids is 1. The zero-order chi connectivity index (χ0) is 17.0. The van der Waals surface area contributed by atoms with Crippen LogP contribution in [0.25, 0.3) is 0 Å². The number of hydrogen-bond donors (Lipinski definition) is 2. The van der Waals surface area contributed by atoms with Crippen LogP contribution in [0.3, 0.4) is 0 Å². The third-order valence-electron chi connectivity index (χ3n) is 4.03. The van der Waals surface area contributed by atoms with Crippen molar-refractivity contribution in [3.8, 4) is 0 Å². The molecule has 0 aliphatic carbocycles. The summed E-state index contributed by atoms with van der Waals surface area (Å²) >= 11 is 0. The number of carbonyl (C=O) groups is 3. The summed E-state index contributed by atoms with van der Waals surface area (Å²) in [7, 11) is 0. The van der Waals surface area contributed by atoms with Crippen molar-refractivity contribution in [1.82, 2.24) is 10.2 Å². The molecule has 6 nitrogen and oxygen atoms in total. The standard InChI is InChI=1S/C17H22N2O4/c1-11(2)15(17(22)23)18-16(21)13-8-14(20)19(10-13)9-12-6-4-3-5-7-12/h3-7,11,13,15H,8-10H2,1-2H3,(H,18,21)(H,22,23)/t13?,15-/m1/s1. The van der Waals surface area contributed by atoms with E-state index in [-0.39, 0.29) is 24.2 Å².